The topological polar surface area (TPSA) is 62.4 Å². The summed E-state index contributed by atoms with van der Waals surface area (Å²) < 4.78 is 0. The summed E-state index contributed by atoms with van der Waals surface area (Å²) >= 11 is 0. The second-order valence-corrected chi connectivity index (χ2v) is 4.85. The van der Waals surface area contributed by atoms with Crippen LogP contribution in [0, 0.1) is 12.8 Å². The molecule has 1 saturated heterocycles. The van der Waals surface area contributed by atoms with Gasteiger partial charge in [0.2, 0.25) is 0 Å². The molecular formula is C13H21N3O. The van der Waals surface area contributed by atoms with Crippen molar-refractivity contribution in [1.82, 2.24) is 4.98 Å². The summed E-state index contributed by atoms with van der Waals surface area (Å²) in [4.78, 5) is 6.80. The Morgan fingerprint density at radius 3 is 2.94 bits per heavy atom. The molecule has 0 aliphatic carbocycles. The monoisotopic (exact) mass is 235 g/mol. The van der Waals surface area contributed by atoms with Crippen LogP contribution in [-0.4, -0.2) is 29.3 Å². The molecule has 0 radical (unpaired) electrons. The van der Waals surface area contributed by atoms with E-state index in [0.717, 1.165) is 30.0 Å². The number of rotatable bonds is 3. The Morgan fingerprint density at radius 1 is 1.53 bits per heavy atom. The summed E-state index contributed by atoms with van der Waals surface area (Å²) in [6, 6.07) is 4.20. The Bertz CT molecular complexity index is 394. The van der Waals surface area contributed by atoms with E-state index >= 15 is 0 Å². The van der Waals surface area contributed by atoms with Crippen molar-refractivity contribution in [1.29, 1.82) is 0 Å². The standard InChI is InChI=1S/C13H21N3O/c1-9-5-6-16(12(9)8-17)13-11(7-14)4-3-10(2)15-13/h3-4,9,12,17H,5-8,14H2,1-2H3. The van der Waals surface area contributed by atoms with Gasteiger partial charge in [-0.25, -0.2) is 4.98 Å². The highest BCUT2D eigenvalue weighted by molar-refractivity contribution is 5.50. The predicted octanol–water partition coefficient (Wildman–Crippen LogP) is 1.06. The first-order chi connectivity index (χ1) is 8.17. The van der Waals surface area contributed by atoms with Crippen LogP contribution in [0.3, 0.4) is 0 Å². The van der Waals surface area contributed by atoms with Crippen molar-refractivity contribution in [3.63, 3.8) is 0 Å². The van der Waals surface area contributed by atoms with E-state index in [-0.39, 0.29) is 12.6 Å². The summed E-state index contributed by atoms with van der Waals surface area (Å²) in [5, 5.41) is 9.50. The molecule has 0 amide bonds. The summed E-state index contributed by atoms with van der Waals surface area (Å²) in [7, 11) is 0. The molecule has 1 aliphatic rings. The minimum atomic E-state index is 0.176. The molecule has 1 aliphatic heterocycles. The van der Waals surface area contributed by atoms with Gasteiger partial charge in [0.15, 0.2) is 0 Å². The van der Waals surface area contributed by atoms with Crippen LogP contribution in [0.1, 0.15) is 24.6 Å². The van der Waals surface area contributed by atoms with Gasteiger partial charge in [-0.05, 0) is 25.3 Å². The molecule has 1 aromatic rings. The van der Waals surface area contributed by atoms with Crippen molar-refractivity contribution >= 4 is 5.82 Å². The van der Waals surface area contributed by atoms with Gasteiger partial charge in [0.05, 0.1) is 12.6 Å². The van der Waals surface area contributed by atoms with Gasteiger partial charge < -0.3 is 15.7 Å². The van der Waals surface area contributed by atoms with E-state index < -0.39 is 0 Å². The Kier molecular flexibility index (Phi) is 3.64. The number of aliphatic hydroxyl groups excluding tert-OH is 1. The van der Waals surface area contributed by atoms with Crippen LogP contribution in [0.25, 0.3) is 0 Å². The average molecular weight is 235 g/mol. The van der Waals surface area contributed by atoms with E-state index in [1.54, 1.807) is 0 Å². The number of aryl methyl sites for hydroxylation is 1. The van der Waals surface area contributed by atoms with E-state index in [1.807, 2.05) is 19.1 Å². The highest BCUT2D eigenvalue weighted by atomic mass is 16.3. The van der Waals surface area contributed by atoms with Crippen molar-refractivity contribution < 1.29 is 5.11 Å². The zero-order valence-corrected chi connectivity index (χ0v) is 10.6. The Hall–Kier alpha value is -1.13. The first-order valence-corrected chi connectivity index (χ1v) is 6.21. The molecule has 1 aromatic heterocycles. The highest BCUT2D eigenvalue weighted by Gasteiger charge is 2.32. The number of nitrogens with zero attached hydrogens (tertiary/aromatic N) is 2. The number of nitrogens with two attached hydrogens (primary N) is 1. The predicted molar refractivity (Wildman–Crippen MR) is 68.9 cm³/mol. The van der Waals surface area contributed by atoms with Gasteiger partial charge in [-0.1, -0.05) is 13.0 Å². The number of hydrogen-bond donors (Lipinski definition) is 2. The van der Waals surface area contributed by atoms with Gasteiger partial charge in [0.25, 0.3) is 0 Å². The molecule has 94 valence electrons. The van der Waals surface area contributed by atoms with Gasteiger partial charge in [0.1, 0.15) is 5.82 Å². The van der Waals surface area contributed by atoms with Crippen molar-refractivity contribution in [2.75, 3.05) is 18.1 Å². The fourth-order valence-electron chi connectivity index (χ4n) is 2.53. The van der Waals surface area contributed by atoms with Crippen LogP contribution in [0.5, 0.6) is 0 Å². The third-order valence-corrected chi connectivity index (χ3v) is 3.66. The maximum Gasteiger partial charge on any atom is 0.133 e. The first-order valence-electron chi connectivity index (χ1n) is 6.21. The largest absolute Gasteiger partial charge is 0.394 e. The molecule has 2 unspecified atom stereocenters. The summed E-state index contributed by atoms with van der Waals surface area (Å²) in [5.74, 6) is 1.46. The SMILES string of the molecule is Cc1ccc(CN)c(N2CCC(C)C2CO)n1. The molecule has 1 fully saturated rings. The van der Waals surface area contributed by atoms with Crippen LogP contribution < -0.4 is 10.6 Å². The number of aliphatic hydroxyl groups is 1. The van der Waals surface area contributed by atoms with Crippen molar-refractivity contribution in [3.05, 3.63) is 23.4 Å². The second-order valence-electron chi connectivity index (χ2n) is 4.85. The van der Waals surface area contributed by atoms with Gasteiger partial charge in [0, 0.05) is 24.3 Å². The Balaban J connectivity index is 2.35. The van der Waals surface area contributed by atoms with Gasteiger partial charge >= 0.3 is 0 Å². The molecule has 0 bridgehead atoms. The van der Waals surface area contributed by atoms with E-state index in [0.29, 0.717) is 12.5 Å². The van der Waals surface area contributed by atoms with E-state index in [1.165, 1.54) is 0 Å². The average Bonchev–Trinajstić information content (AvgIpc) is 2.70. The van der Waals surface area contributed by atoms with Crippen LogP contribution in [0.15, 0.2) is 12.1 Å². The van der Waals surface area contributed by atoms with E-state index in [2.05, 4.69) is 16.8 Å². The molecule has 3 N–H and O–H groups in total. The fourth-order valence-corrected chi connectivity index (χ4v) is 2.53. The molecule has 4 nitrogen and oxygen atoms in total. The number of pyridine rings is 1. The molecule has 0 aromatic carbocycles. The third-order valence-electron chi connectivity index (χ3n) is 3.66. The lowest BCUT2D eigenvalue weighted by atomic mass is 10.0. The van der Waals surface area contributed by atoms with E-state index in [9.17, 15) is 5.11 Å². The number of anilines is 1. The molecule has 0 spiro atoms. The smallest absolute Gasteiger partial charge is 0.133 e. The Morgan fingerprint density at radius 2 is 2.29 bits per heavy atom. The van der Waals surface area contributed by atoms with Gasteiger partial charge in [-0.3, -0.25) is 0 Å². The molecule has 2 atom stereocenters. The minimum absolute atomic E-state index is 0.176. The first kappa shape index (κ1) is 12.3. The van der Waals surface area contributed by atoms with Crippen LogP contribution in [0.2, 0.25) is 0 Å². The van der Waals surface area contributed by atoms with Crippen molar-refractivity contribution in [2.24, 2.45) is 11.7 Å². The van der Waals surface area contributed by atoms with Crippen molar-refractivity contribution in [3.8, 4) is 0 Å². The van der Waals surface area contributed by atoms with Crippen LogP contribution in [0.4, 0.5) is 5.82 Å². The third kappa shape index (κ3) is 2.28. The highest BCUT2D eigenvalue weighted by Crippen LogP contribution is 2.30. The molecule has 17 heavy (non-hydrogen) atoms. The van der Waals surface area contributed by atoms with E-state index in [4.69, 9.17) is 5.73 Å². The summed E-state index contributed by atoms with van der Waals surface area (Å²) in [6.45, 7) is 5.79. The summed E-state index contributed by atoms with van der Waals surface area (Å²) in [6.07, 6.45) is 1.10. The lowest BCUT2D eigenvalue weighted by molar-refractivity contribution is 0.244. The van der Waals surface area contributed by atoms with Gasteiger partial charge in [-0.2, -0.15) is 0 Å². The lowest BCUT2D eigenvalue weighted by Crippen LogP contribution is -2.36. The quantitative estimate of drug-likeness (QED) is 0.822. The lowest BCUT2D eigenvalue weighted by Gasteiger charge is -2.28. The van der Waals surface area contributed by atoms with Crippen LogP contribution in [-0.2, 0) is 6.54 Å². The van der Waals surface area contributed by atoms with Crippen molar-refractivity contribution in [2.45, 2.75) is 32.9 Å². The maximum atomic E-state index is 9.50. The molecule has 2 rings (SSSR count). The fraction of sp³-hybridized carbons (Fsp3) is 0.615. The molecule has 0 saturated carbocycles. The molecular weight excluding hydrogens is 214 g/mol. The number of hydrogen-bond acceptors (Lipinski definition) is 4. The van der Waals surface area contributed by atoms with Gasteiger partial charge in [-0.15, -0.1) is 0 Å². The maximum absolute atomic E-state index is 9.50. The molecule has 4 heteroatoms. The van der Waals surface area contributed by atoms with Crippen LogP contribution >= 0.6 is 0 Å². The minimum Gasteiger partial charge on any atom is -0.394 e. The number of aromatic nitrogens is 1. The Labute approximate surface area is 102 Å². The zero-order chi connectivity index (χ0) is 12.4. The molecule has 2 heterocycles. The zero-order valence-electron chi connectivity index (χ0n) is 10.6. The normalized spacial score (nSPS) is 24.4. The summed E-state index contributed by atoms with van der Waals surface area (Å²) in [5.41, 5.74) is 7.81. The second kappa shape index (κ2) is 5.02.